The summed E-state index contributed by atoms with van der Waals surface area (Å²) < 4.78 is 8.09. The normalized spacial score (nSPS) is 11.2. The summed E-state index contributed by atoms with van der Waals surface area (Å²) in [7, 11) is 0. The van der Waals surface area contributed by atoms with Gasteiger partial charge in [-0.15, -0.1) is 0 Å². The predicted molar refractivity (Wildman–Crippen MR) is 96.6 cm³/mol. The number of amides is 2. The highest BCUT2D eigenvalue weighted by molar-refractivity contribution is 7.97. The molecule has 0 saturated heterocycles. The molecule has 2 amide bonds. The van der Waals surface area contributed by atoms with Gasteiger partial charge < -0.3 is 26.4 Å². The maximum Gasteiger partial charge on any atom is 0.241 e. The smallest absolute Gasteiger partial charge is 0.241 e. The van der Waals surface area contributed by atoms with Gasteiger partial charge in [-0.1, -0.05) is 5.16 Å². The highest BCUT2D eigenvalue weighted by Gasteiger charge is 2.12. The molecule has 0 fully saturated rings. The van der Waals surface area contributed by atoms with E-state index in [1.165, 1.54) is 25.8 Å². The van der Waals surface area contributed by atoms with Crippen LogP contribution in [0.25, 0.3) is 0 Å². The van der Waals surface area contributed by atoms with Crippen molar-refractivity contribution in [1.29, 1.82) is 0 Å². The zero-order valence-electron chi connectivity index (χ0n) is 14.4. The van der Waals surface area contributed by atoms with E-state index in [1.807, 2.05) is 24.3 Å². The third kappa shape index (κ3) is 8.58. The average Bonchev–Trinajstić information content (AvgIpc) is 3.03. The van der Waals surface area contributed by atoms with Gasteiger partial charge in [0.15, 0.2) is 5.82 Å². The topological polar surface area (TPSA) is 169 Å². The summed E-state index contributed by atoms with van der Waals surface area (Å²) in [4.78, 5) is 25.2. The molecule has 1 aromatic carbocycles. The van der Waals surface area contributed by atoms with Crippen LogP contribution in [0.2, 0.25) is 0 Å². The van der Waals surface area contributed by atoms with E-state index in [0.29, 0.717) is 12.4 Å². The van der Waals surface area contributed by atoms with Crippen molar-refractivity contribution in [2.24, 2.45) is 11.5 Å². The van der Waals surface area contributed by atoms with Crippen LogP contribution in [-0.4, -0.2) is 33.7 Å². The molecule has 2 aromatic rings. The molecular formula is C15H22N6O4S. The maximum absolute atomic E-state index is 10.9. The Morgan fingerprint density at radius 1 is 1.31 bits per heavy atom. The van der Waals surface area contributed by atoms with Gasteiger partial charge in [-0.25, -0.2) is 0 Å². The number of nitrogens with one attached hydrogen (secondary N) is 2. The summed E-state index contributed by atoms with van der Waals surface area (Å²) in [5.74, 6) is 0.233. The van der Waals surface area contributed by atoms with E-state index in [-0.39, 0.29) is 24.2 Å². The summed E-state index contributed by atoms with van der Waals surface area (Å²) in [6, 6.07) is 6.76. The number of aliphatic hydroxyl groups excluding tert-OH is 1. The quantitative estimate of drug-likeness (QED) is 0.423. The molecule has 0 aliphatic carbocycles. The first-order valence-electron chi connectivity index (χ1n) is 7.54. The number of hydrogen-bond acceptors (Lipinski definition) is 9. The number of rotatable bonds is 7. The molecule has 0 saturated carbocycles. The molecule has 1 unspecified atom stereocenters. The van der Waals surface area contributed by atoms with Crippen molar-refractivity contribution in [3.05, 3.63) is 36.0 Å². The van der Waals surface area contributed by atoms with Crippen molar-refractivity contribution in [3.63, 3.8) is 0 Å². The van der Waals surface area contributed by atoms with Crippen LogP contribution in [-0.2, 0) is 16.1 Å². The van der Waals surface area contributed by atoms with Gasteiger partial charge in [-0.2, -0.15) is 4.98 Å². The highest BCUT2D eigenvalue weighted by Crippen LogP contribution is 2.18. The van der Waals surface area contributed by atoms with Crippen molar-refractivity contribution >= 4 is 29.4 Å². The van der Waals surface area contributed by atoms with E-state index in [9.17, 15) is 9.59 Å². The molecule has 7 N–H and O–H groups in total. The van der Waals surface area contributed by atoms with Crippen LogP contribution in [0.4, 0.5) is 5.69 Å². The first kappa shape index (κ1) is 21.6. The second-order valence-electron chi connectivity index (χ2n) is 5.07. The van der Waals surface area contributed by atoms with E-state index in [2.05, 4.69) is 25.9 Å². The largest absolute Gasteiger partial charge is 0.394 e. The zero-order valence-corrected chi connectivity index (χ0v) is 15.2. The fourth-order valence-electron chi connectivity index (χ4n) is 1.56. The van der Waals surface area contributed by atoms with Gasteiger partial charge in [0.05, 0.1) is 19.2 Å². The lowest BCUT2D eigenvalue weighted by Crippen LogP contribution is -2.16. The molecule has 142 valence electrons. The molecule has 0 bridgehead atoms. The van der Waals surface area contributed by atoms with Crippen molar-refractivity contribution < 1.29 is 19.2 Å². The van der Waals surface area contributed by atoms with E-state index in [4.69, 9.17) is 15.4 Å². The number of carbonyl (C=O) groups is 2. The summed E-state index contributed by atoms with van der Waals surface area (Å²) in [6.45, 7) is 2.90. The third-order valence-electron chi connectivity index (χ3n) is 2.60. The minimum absolute atomic E-state index is 0.105. The van der Waals surface area contributed by atoms with E-state index in [0.717, 1.165) is 10.6 Å². The van der Waals surface area contributed by atoms with Crippen LogP contribution in [0.3, 0.4) is 0 Å². The Labute approximate surface area is 154 Å². The molecule has 1 aromatic heterocycles. The monoisotopic (exact) mass is 382 g/mol. The number of carbonyl (C=O) groups excluding carboxylic acids is 2. The van der Waals surface area contributed by atoms with Gasteiger partial charge in [-0.3, -0.25) is 14.3 Å². The summed E-state index contributed by atoms with van der Waals surface area (Å²) in [5, 5.41) is 15.3. The van der Waals surface area contributed by atoms with Gasteiger partial charge in [0, 0.05) is 24.4 Å². The van der Waals surface area contributed by atoms with Crippen molar-refractivity contribution in [3.8, 4) is 0 Å². The molecule has 10 nitrogen and oxygen atoms in total. The molecular weight excluding hydrogens is 360 g/mol. The molecule has 0 aliphatic rings. The number of aromatic nitrogens is 2. The van der Waals surface area contributed by atoms with Gasteiger partial charge in [0.25, 0.3) is 0 Å². The molecule has 0 aliphatic heterocycles. The minimum atomic E-state index is -0.633. The van der Waals surface area contributed by atoms with Crippen LogP contribution in [0.1, 0.15) is 31.6 Å². The summed E-state index contributed by atoms with van der Waals surface area (Å²) in [5.41, 5.74) is 10.8. The van der Waals surface area contributed by atoms with E-state index < -0.39 is 6.04 Å². The Morgan fingerprint density at radius 2 is 1.92 bits per heavy atom. The summed E-state index contributed by atoms with van der Waals surface area (Å²) in [6.07, 6.45) is 0. The van der Waals surface area contributed by atoms with E-state index in [1.54, 1.807) is 0 Å². The lowest BCUT2D eigenvalue weighted by molar-refractivity contribution is -0.116. The number of benzene rings is 1. The Kier molecular flexibility index (Phi) is 9.30. The second kappa shape index (κ2) is 11.2. The van der Waals surface area contributed by atoms with Crippen molar-refractivity contribution in [2.75, 3.05) is 11.9 Å². The fraction of sp³-hybridized carbons (Fsp3) is 0.333. The van der Waals surface area contributed by atoms with Gasteiger partial charge in [0.2, 0.25) is 17.7 Å². The molecule has 0 spiro atoms. The minimum Gasteiger partial charge on any atom is -0.394 e. The first-order chi connectivity index (χ1) is 12.3. The molecule has 26 heavy (non-hydrogen) atoms. The molecule has 2 rings (SSSR count). The maximum atomic E-state index is 10.9. The Bertz CT molecular complexity index is 702. The lowest BCUT2D eigenvalue weighted by Gasteiger charge is -2.04. The molecule has 11 heteroatoms. The average molecular weight is 382 g/mol. The summed E-state index contributed by atoms with van der Waals surface area (Å²) >= 11 is 1.40. The van der Waals surface area contributed by atoms with Crippen LogP contribution in [0.15, 0.2) is 33.7 Å². The predicted octanol–water partition coefficient (Wildman–Crippen LogP) is 0.309. The number of aliphatic hydroxyl groups is 1. The van der Waals surface area contributed by atoms with Crippen LogP contribution in [0.5, 0.6) is 0 Å². The zero-order chi connectivity index (χ0) is 19.5. The number of primary amides is 1. The van der Waals surface area contributed by atoms with Crippen molar-refractivity contribution in [1.82, 2.24) is 14.9 Å². The van der Waals surface area contributed by atoms with Crippen LogP contribution in [0, 0.1) is 0 Å². The Morgan fingerprint density at radius 3 is 2.46 bits per heavy atom. The number of hydrogen-bond donors (Lipinski definition) is 5. The Balaban J connectivity index is 0.000000765. The number of nitrogens with two attached hydrogens (primary N) is 2. The molecule has 0 radical (unpaired) electrons. The Hall–Kier alpha value is -2.47. The SMILES string of the molecule is CC(=O)Nc1ccc(SNCc2nc(C(N)CO)no2)cc1.CC(N)=O. The van der Waals surface area contributed by atoms with Crippen molar-refractivity contribution in [2.45, 2.75) is 31.3 Å². The third-order valence-corrected chi connectivity index (χ3v) is 3.40. The van der Waals surface area contributed by atoms with Crippen LogP contribution < -0.4 is 21.5 Å². The molecule has 1 atom stereocenters. The van der Waals surface area contributed by atoms with Gasteiger partial charge in [-0.05, 0) is 36.2 Å². The fourth-order valence-corrected chi connectivity index (χ4v) is 2.20. The number of anilines is 1. The van der Waals surface area contributed by atoms with Crippen LogP contribution >= 0.6 is 11.9 Å². The first-order valence-corrected chi connectivity index (χ1v) is 8.35. The molecule has 1 heterocycles. The second-order valence-corrected chi connectivity index (χ2v) is 6.04. The number of nitrogens with zero attached hydrogens (tertiary/aromatic N) is 2. The van der Waals surface area contributed by atoms with Gasteiger partial charge >= 0.3 is 0 Å². The standard InChI is InChI=1S/C13H17N5O3S.C2H5NO/c1-8(20)16-9-2-4-10(5-3-9)22-15-6-12-17-13(18-21-12)11(14)7-19;1-2(3)4/h2-5,11,15,19H,6-7,14H2,1H3,(H,16,20);1H3,(H2,3,4). The lowest BCUT2D eigenvalue weighted by atomic mass is 10.3. The van der Waals surface area contributed by atoms with Gasteiger partial charge in [0.1, 0.15) is 0 Å². The highest BCUT2D eigenvalue weighted by atomic mass is 32.2. The van der Waals surface area contributed by atoms with E-state index >= 15 is 0 Å².